The average Bonchev–Trinajstić information content (AvgIpc) is 1.62. The zero-order valence-corrected chi connectivity index (χ0v) is 89.7. The van der Waals surface area contributed by atoms with Gasteiger partial charge < -0.3 is 52.4 Å². The lowest BCUT2D eigenvalue weighted by Crippen LogP contribution is -2.04. The molecule has 21 rings (SSSR count). The molecule has 0 radical (unpaired) electrons. The van der Waals surface area contributed by atoms with E-state index in [-0.39, 0.29) is 13.2 Å². The number of methoxy groups -OCH3 is 2. The van der Waals surface area contributed by atoms with Crippen molar-refractivity contribution in [1.82, 2.24) is 69.8 Å². The maximum Gasteiger partial charge on any atom is 0.190 e. The molecule has 0 spiro atoms. The number of thiazole rings is 6. The highest BCUT2D eigenvalue weighted by Crippen LogP contribution is 2.50. The normalized spacial score (nSPS) is 12.5. The van der Waals surface area contributed by atoms with E-state index in [0.717, 1.165) is 179 Å². The van der Waals surface area contributed by atoms with Gasteiger partial charge in [-0.15, -0.1) is 125 Å². The number of unbranched alkanes of at least 4 members (excludes halogenated alkanes) is 2. The predicted octanol–water partition coefficient (Wildman–Crippen LogP) is 23.4. The molecule has 142 heavy (non-hydrogen) atoms. The molecule has 0 aliphatic carbocycles. The smallest absolute Gasteiger partial charge is 0.190 e. The van der Waals surface area contributed by atoms with Gasteiger partial charge in [0, 0.05) is 139 Å². The second-order valence-corrected chi connectivity index (χ2v) is 49.8. The molecule has 29 nitrogen and oxygen atoms in total. The Morgan fingerprint density at radius 1 is 0.380 bits per heavy atom. The SMILES string of the molecule is CCCCS(=O)c1sc2nc(-c3nccs3)cc(-c3ocnc3C)c2c1N.CCCCS(=O)c1sc2nc(-c3nccs3)cc(-c3scnc3C)c2c1N.COCCCS(=O)c1sc2nc(-c3nccs3)nc(-c3ccccc3)c2c1N.COCCS(=O)c1sc2nc(-c3nccs3)nc(-c3ccccc3)c2c1N.Nc1c(S(=O)c2ccccc2)sc2nc(-c3nccs3)cc(-c3ccc(OCCO)cc3)c12. The van der Waals surface area contributed by atoms with Gasteiger partial charge in [-0.3, -0.25) is 16.8 Å². The van der Waals surface area contributed by atoms with E-state index in [9.17, 15) is 21.0 Å². The third-order valence-electron chi connectivity index (χ3n) is 21.4. The highest BCUT2D eigenvalue weighted by molar-refractivity contribution is 7.89. The fourth-order valence-corrected chi connectivity index (χ4v) is 31.7. The van der Waals surface area contributed by atoms with Gasteiger partial charge in [0.25, 0.3) is 0 Å². The maximum absolute atomic E-state index is 13.3. The molecule has 0 fully saturated rings. The second-order valence-electron chi connectivity index (χ2n) is 30.7. The minimum absolute atomic E-state index is 0.0450. The van der Waals surface area contributed by atoms with Crippen molar-refractivity contribution >= 4 is 258 Å². The number of hydrogen-bond acceptors (Lipinski definition) is 40. The number of aliphatic hydroxyl groups is 1. The monoisotopic (exact) mass is 2190 g/mol. The summed E-state index contributed by atoms with van der Waals surface area (Å²) in [6.07, 6.45) is 14.7. The van der Waals surface area contributed by atoms with Gasteiger partial charge in [0.1, 0.15) is 89.7 Å². The number of pyridine rings is 3. The molecular weight excluding hydrogens is 2100 g/mol. The molecule has 17 heterocycles. The molecule has 728 valence electrons. The molecule has 0 saturated heterocycles. The molecule has 5 unspecified atom stereocenters. The van der Waals surface area contributed by atoms with Crippen LogP contribution in [0.1, 0.15) is 57.3 Å². The number of benzene rings is 4. The van der Waals surface area contributed by atoms with Gasteiger partial charge in [0.2, 0.25) is 0 Å². The number of nitrogens with two attached hydrogens (primary N) is 5. The average molecular weight is 2190 g/mol. The van der Waals surface area contributed by atoms with Crippen LogP contribution in [-0.2, 0) is 63.5 Å². The van der Waals surface area contributed by atoms with Crippen LogP contribution in [0.15, 0.2) is 234 Å². The number of thiophene rings is 5. The Morgan fingerprint density at radius 3 is 1.19 bits per heavy atom. The summed E-state index contributed by atoms with van der Waals surface area (Å²) in [6, 6.07) is 42.5. The number of nitrogens with zero attached hydrogens (tertiary/aromatic N) is 14. The fourth-order valence-electron chi connectivity index (χ4n) is 14.6. The zero-order valence-electron chi connectivity index (χ0n) is 76.6. The van der Waals surface area contributed by atoms with Crippen molar-refractivity contribution in [3.63, 3.8) is 0 Å². The van der Waals surface area contributed by atoms with E-state index in [0.29, 0.717) is 121 Å². The molecule has 17 aromatic heterocycles. The number of fused-ring (bicyclic) bond motifs is 5. The number of rotatable bonds is 32. The Labute approximate surface area is 871 Å². The van der Waals surface area contributed by atoms with Crippen molar-refractivity contribution in [2.75, 3.05) is 92.3 Å². The summed E-state index contributed by atoms with van der Waals surface area (Å²) in [5, 5.41) is 26.4. The van der Waals surface area contributed by atoms with Gasteiger partial charge in [-0.1, -0.05) is 118 Å². The third kappa shape index (κ3) is 22.9. The first-order valence-electron chi connectivity index (χ1n) is 43.8. The van der Waals surface area contributed by atoms with Crippen LogP contribution >= 0.6 is 125 Å². The second kappa shape index (κ2) is 47.9. The van der Waals surface area contributed by atoms with E-state index in [1.165, 1.54) is 108 Å². The summed E-state index contributed by atoms with van der Waals surface area (Å²) in [5.41, 5.74) is 47.8. The number of aryl methyl sites for hydroxylation is 2. The standard InChI is InChI=1S/C24H19N3O3S3.C19H18N4O2S3.C18H16N4O2S3.C18H18N4O2S3.C18H18N4OS4/c25-21-20-18(15-6-8-16(9-7-15)30-12-11-28)14-19(22-26-10-13-31-22)27-23(20)32-24(21)33(29)17-4-2-1-3-5-17;1-25-9-5-11-28(24)19-14(20)13-15(12-6-3-2-4-7-12)22-16(23-17(13)27-19)18-21-8-10-26-18;1-24-8-10-27(23)18-13(19)12-14(11-5-3-2-4-6-11)21-15(22-16(12)26-18)17-20-7-9-25-17;1-3-4-7-27(23)18-14(19)13-11(15-10(2)21-9-24-15)8-12(22-17(13)26-18)16-20-5-6-25-16;1-3-4-7-27(23)18-14(19)13-11(15-10(2)21-9-25-15)8-12(22-17(13)26-18)16-20-5-6-24-16/h1-10,13-14,28H,11-12,25H2;2-4,6-8,10H,5,9,11,20H2,1H3;2-7,9H,8,10,19H2,1H3;2*5-6,8-9H,3-4,7,19H2,1-2H3. The molecule has 0 aliphatic rings. The molecule has 0 aliphatic heterocycles. The van der Waals surface area contributed by atoms with E-state index in [1.54, 1.807) is 67.9 Å². The lowest BCUT2D eigenvalue weighted by molar-refractivity contribution is 0.200. The van der Waals surface area contributed by atoms with Crippen molar-refractivity contribution in [3.8, 4) is 115 Å². The highest BCUT2D eigenvalue weighted by atomic mass is 32.2. The molecule has 0 amide bonds. The summed E-state index contributed by atoms with van der Waals surface area (Å²) in [4.78, 5) is 69.1. The van der Waals surface area contributed by atoms with Gasteiger partial charge >= 0.3 is 0 Å². The Bertz CT molecular complexity index is 7840. The van der Waals surface area contributed by atoms with E-state index >= 15 is 0 Å². The van der Waals surface area contributed by atoms with E-state index < -0.39 is 54.0 Å². The molecule has 5 atom stereocenters. The topological polar surface area (TPSA) is 457 Å². The summed E-state index contributed by atoms with van der Waals surface area (Å²) in [5.74, 6) is 4.54. The van der Waals surface area contributed by atoms with Crippen LogP contribution in [0, 0.1) is 13.8 Å². The Morgan fingerprint density at radius 2 is 0.775 bits per heavy atom. The van der Waals surface area contributed by atoms with E-state index in [4.69, 9.17) is 77.3 Å². The predicted molar refractivity (Wildman–Crippen MR) is 591 cm³/mol. The number of anilines is 5. The molecule has 45 heteroatoms. The molecule has 11 N–H and O–H groups in total. The van der Waals surface area contributed by atoms with Crippen LogP contribution in [0.3, 0.4) is 0 Å². The van der Waals surface area contributed by atoms with Gasteiger partial charge in [0.15, 0.2) is 33.8 Å². The van der Waals surface area contributed by atoms with Crippen LogP contribution in [0.2, 0.25) is 0 Å². The summed E-state index contributed by atoms with van der Waals surface area (Å²) in [6.45, 7) is 9.22. The minimum atomic E-state index is -1.41. The highest BCUT2D eigenvalue weighted by Gasteiger charge is 2.30. The summed E-state index contributed by atoms with van der Waals surface area (Å²) in [7, 11) is -2.88. The van der Waals surface area contributed by atoms with Crippen LogP contribution in [0.25, 0.3) is 160 Å². The van der Waals surface area contributed by atoms with Crippen LogP contribution in [0.5, 0.6) is 5.75 Å². The van der Waals surface area contributed by atoms with Gasteiger partial charge in [0.05, 0.1) is 145 Å². The number of nitrogen functional groups attached to an aromatic ring is 5. The number of oxazole rings is 1. The van der Waals surface area contributed by atoms with Crippen LogP contribution in [-0.4, -0.2) is 160 Å². The number of aromatic nitrogens is 14. The summed E-state index contributed by atoms with van der Waals surface area (Å²) >= 11 is 16.0. The van der Waals surface area contributed by atoms with Crippen molar-refractivity contribution in [2.24, 2.45) is 0 Å². The van der Waals surface area contributed by atoms with Crippen molar-refractivity contribution in [1.29, 1.82) is 0 Å². The van der Waals surface area contributed by atoms with Crippen LogP contribution in [0.4, 0.5) is 28.4 Å². The minimum Gasteiger partial charge on any atom is -0.491 e. The molecule has 21 aromatic rings. The van der Waals surface area contributed by atoms with Gasteiger partial charge in [-0.2, -0.15) is 0 Å². The van der Waals surface area contributed by atoms with Crippen molar-refractivity contribution < 1.29 is 44.8 Å². The van der Waals surface area contributed by atoms with E-state index in [2.05, 4.69) is 58.7 Å². The number of hydrogen-bond donors (Lipinski definition) is 6. The molecule has 0 bridgehead atoms. The Balaban J connectivity index is 0.000000122. The van der Waals surface area contributed by atoms with Crippen molar-refractivity contribution in [2.45, 2.75) is 85.7 Å². The number of aliphatic hydroxyl groups excluding tert-OH is 1. The first-order valence-corrected chi connectivity index (χ1v) is 59.6. The fraction of sp³-hybridized carbons (Fsp3) is 0.196. The molecule has 4 aromatic carbocycles. The lowest BCUT2D eigenvalue weighted by atomic mass is 10.0. The molecular formula is C97H89N19O10S16. The maximum atomic E-state index is 13.3. The lowest BCUT2D eigenvalue weighted by Gasteiger charge is -2.09. The number of ether oxygens (including phenoxy) is 3. The first kappa shape index (κ1) is 102. The summed E-state index contributed by atoms with van der Waals surface area (Å²) < 4.78 is 88.8. The van der Waals surface area contributed by atoms with Crippen molar-refractivity contribution in [3.05, 3.63) is 215 Å². The zero-order chi connectivity index (χ0) is 99.0. The van der Waals surface area contributed by atoms with Gasteiger partial charge in [-0.05, 0) is 86.7 Å². The third-order valence-corrected chi connectivity index (χ3v) is 41.0. The largest absolute Gasteiger partial charge is 0.491 e. The van der Waals surface area contributed by atoms with Gasteiger partial charge in [-0.25, -0.2) is 74.0 Å². The Hall–Kier alpha value is -11.3. The van der Waals surface area contributed by atoms with E-state index in [1.807, 2.05) is 180 Å². The quantitative estimate of drug-likeness (QED) is 0.0213. The Kier molecular flexibility index (Phi) is 34.5. The van der Waals surface area contributed by atoms with Crippen LogP contribution < -0.4 is 33.4 Å². The first-order chi connectivity index (χ1) is 69.2. The molecule has 0 saturated carbocycles.